The van der Waals surface area contributed by atoms with Gasteiger partial charge in [0.2, 0.25) is 0 Å². The molecular weight excluding hydrogens is 210 g/mol. The van der Waals surface area contributed by atoms with Gasteiger partial charge in [0, 0.05) is 19.6 Å². The molecule has 2 rings (SSSR count). The fourth-order valence-corrected chi connectivity index (χ4v) is 1.90. The average Bonchev–Trinajstić information content (AvgIpc) is 2.67. The summed E-state index contributed by atoms with van der Waals surface area (Å²) in [6, 6.07) is 7.17. The summed E-state index contributed by atoms with van der Waals surface area (Å²) in [7, 11) is 4.20. The minimum atomic E-state index is 0.605. The van der Waals surface area contributed by atoms with Gasteiger partial charge in [0.05, 0.1) is 17.4 Å². The van der Waals surface area contributed by atoms with E-state index in [0.717, 1.165) is 18.5 Å². The standard InChI is InChI=1S/C14H21N3/c1-11(2)16(3)8-7-12-5-6-14-13(9-12)15-10-17(14)4/h5-6,9-11H,7-8H2,1-4H3. The van der Waals surface area contributed by atoms with E-state index >= 15 is 0 Å². The second-order valence-electron chi connectivity index (χ2n) is 5.00. The number of benzene rings is 1. The van der Waals surface area contributed by atoms with Gasteiger partial charge in [-0.05, 0) is 45.0 Å². The lowest BCUT2D eigenvalue weighted by molar-refractivity contribution is 0.277. The number of rotatable bonds is 4. The molecule has 17 heavy (non-hydrogen) atoms. The molecule has 0 aliphatic rings. The van der Waals surface area contributed by atoms with Gasteiger partial charge in [-0.3, -0.25) is 0 Å². The number of likely N-dealkylation sites (N-methyl/N-ethyl adjacent to an activating group) is 1. The smallest absolute Gasteiger partial charge is 0.0955 e. The molecule has 92 valence electrons. The highest BCUT2D eigenvalue weighted by Gasteiger charge is 2.05. The Hall–Kier alpha value is -1.35. The van der Waals surface area contributed by atoms with Crippen LogP contribution in [0.15, 0.2) is 24.5 Å². The van der Waals surface area contributed by atoms with E-state index in [1.165, 1.54) is 11.1 Å². The highest BCUT2D eigenvalue weighted by atomic mass is 15.1. The molecule has 0 aliphatic carbocycles. The molecule has 0 amide bonds. The van der Waals surface area contributed by atoms with Crippen molar-refractivity contribution in [1.29, 1.82) is 0 Å². The van der Waals surface area contributed by atoms with Gasteiger partial charge in [-0.2, -0.15) is 0 Å². The Labute approximate surface area is 103 Å². The maximum atomic E-state index is 4.39. The van der Waals surface area contributed by atoms with Gasteiger partial charge in [0.1, 0.15) is 0 Å². The normalized spacial score (nSPS) is 11.9. The molecule has 1 aromatic carbocycles. The highest BCUT2D eigenvalue weighted by Crippen LogP contribution is 2.14. The molecule has 0 spiro atoms. The predicted molar refractivity (Wildman–Crippen MR) is 72.2 cm³/mol. The largest absolute Gasteiger partial charge is 0.334 e. The maximum absolute atomic E-state index is 4.39. The minimum Gasteiger partial charge on any atom is -0.334 e. The van der Waals surface area contributed by atoms with Gasteiger partial charge in [0.15, 0.2) is 0 Å². The lowest BCUT2D eigenvalue weighted by Gasteiger charge is -2.20. The molecule has 0 radical (unpaired) electrons. The van der Waals surface area contributed by atoms with Gasteiger partial charge in [-0.25, -0.2) is 4.98 Å². The number of hydrogen-bond acceptors (Lipinski definition) is 2. The van der Waals surface area contributed by atoms with Crippen molar-refractivity contribution in [3.63, 3.8) is 0 Å². The second kappa shape index (κ2) is 4.88. The highest BCUT2D eigenvalue weighted by molar-refractivity contribution is 5.75. The van der Waals surface area contributed by atoms with Crippen molar-refractivity contribution in [3.05, 3.63) is 30.1 Å². The first-order chi connectivity index (χ1) is 8.08. The lowest BCUT2D eigenvalue weighted by Crippen LogP contribution is -2.28. The molecule has 1 aromatic heterocycles. The molecule has 2 aromatic rings. The third kappa shape index (κ3) is 2.67. The third-order valence-electron chi connectivity index (χ3n) is 3.42. The number of nitrogens with zero attached hydrogens (tertiary/aromatic N) is 3. The molecule has 0 atom stereocenters. The van der Waals surface area contributed by atoms with E-state index in [0.29, 0.717) is 6.04 Å². The van der Waals surface area contributed by atoms with Crippen LogP contribution in [0.25, 0.3) is 11.0 Å². The van der Waals surface area contributed by atoms with Crippen molar-refractivity contribution in [2.45, 2.75) is 26.3 Å². The Morgan fingerprint density at radius 3 is 2.82 bits per heavy atom. The summed E-state index contributed by atoms with van der Waals surface area (Å²) >= 11 is 0. The van der Waals surface area contributed by atoms with Crippen LogP contribution in [0, 0.1) is 0 Å². The lowest BCUT2D eigenvalue weighted by atomic mass is 10.1. The Bertz CT molecular complexity index is 499. The summed E-state index contributed by atoms with van der Waals surface area (Å²) < 4.78 is 2.05. The van der Waals surface area contributed by atoms with Crippen LogP contribution in [0.4, 0.5) is 0 Å². The second-order valence-corrected chi connectivity index (χ2v) is 5.00. The quantitative estimate of drug-likeness (QED) is 0.806. The van der Waals surface area contributed by atoms with Gasteiger partial charge >= 0.3 is 0 Å². The van der Waals surface area contributed by atoms with Gasteiger partial charge < -0.3 is 9.47 Å². The molecule has 1 heterocycles. The van der Waals surface area contributed by atoms with Crippen molar-refractivity contribution in [2.75, 3.05) is 13.6 Å². The molecule has 0 fully saturated rings. The first kappa shape index (κ1) is 12.1. The first-order valence-corrected chi connectivity index (χ1v) is 6.18. The van der Waals surface area contributed by atoms with E-state index in [4.69, 9.17) is 0 Å². The summed E-state index contributed by atoms with van der Waals surface area (Å²) in [6.45, 7) is 5.54. The summed E-state index contributed by atoms with van der Waals surface area (Å²) in [4.78, 5) is 6.75. The number of fused-ring (bicyclic) bond motifs is 1. The van der Waals surface area contributed by atoms with E-state index < -0.39 is 0 Å². The van der Waals surface area contributed by atoms with Crippen LogP contribution in [0.3, 0.4) is 0 Å². The average molecular weight is 231 g/mol. The van der Waals surface area contributed by atoms with E-state index in [-0.39, 0.29) is 0 Å². The van der Waals surface area contributed by atoms with Crippen LogP contribution in [0.1, 0.15) is 19.4 Å². The molecule has 0 bridgehead atoms. The monoisotopic (exact) mass is 231 g/mol. The van der Waals surface area contributed by atoms with Crippen molar-refractivity contribution < 1.29 is 0 Å². The zero-order valence-corrected chi connectivity index (χ0v) is 11.1. The number of aryl methyl sites for hydroxylation is 1. The topological polar surface area (TPSA) is 21.1 Å². The summed E-state index contributed by atoms with van der Waals surface area (Å²) in [5.74, 6) is 0. The van der Waals surface area contributed by atoms with Crippen LogP contribution in [0.5, 0.6) is 0 Å². The summed E-state index contributed by atoms with van der Waals surface area (Å²) in [5, 5.41) is 0. The minimum absolute atomic E-state index is 0.605. The Balaban J connectivity index is 2.09. The van der Waals surface area contributed by atoms with Crippen molar-refractivity contribution in [1.82, 2.24) is 14.5 Å². The van der Waals surface area contributed by atoms with E-state index in [9.17, 15) is 0 Å². The molecule has 0 N–H and O–H groups in total. The Kier molecular flexibility index (Phi) is 3.48. The zero-order valence-electron chi connectivity index (χ0n) is 11.1. The van der Waals surface area contributed by atoms with Crippen molar-refractivity contribution in [2.24, 2.45) is 7.05 Å². The van der Waals surface area contributed by atoms with Crippen LogP contribution in [-0.2, 0) is 13.5 Å². The number of imidazole rings is 1. The predicted octanol–water partition coefficient (Wildman–Crippen LogP) is 2.46. The molecule has 0 aliphatic heterocycles. The SMILES string of the molecule is CC(C)N(C)CCc1ccc2c(c1)ncn2C. The molecule has 0 saturated carbocycles. The third-order valence-corrected chi connectivity index (χ3v) is 3.42. The fraction of sp³-hybridized carbons (Fsp3) is 0.500. The molecule has 3 heteroatoms. The summed E-state index contributed by atoms with van der Waals surface area (Å²) in [5.41, 5.74) is 3.66. The van der Waals surface area contributed by atoms with Crippen LogP contribution >= 0.6 is 0 Å². The number of aromatic nitrogens is 2. The van der Waals surface area contributed by atoms with E-state index in [1.807, 2.05) is 13.4 Å². The van der Waals surface area contributed by atoms with E-state index in [1.54, 1.807) is 0 Å². The van der Waals surface area contributed by atoms with Crippen LogP contribution in [0.2, 0.25) is 0 Å². The van der Waals surface area contributed by atoms with Gasteiger partial charge in [-0.15, -0.1) is 0 Å². The fourth-order valence-electron chi connectivity index (χ4n) is 1.90. The van der Waals surface area contributed by atoms with Crippen molar-refractivity contribution in [3.8, 4) is 0 Å². The summed E-state index contributed by atoms with van der Waals surface area (Å²) in [6.07, 6.45) is 2.95. The maximum Gasteiger partial charge on any atom is 0.0955 e. The molecular formula is C14H21N3. The van der Waals surface area contributed by atoms with Gasteiger partial charge in [-0.1, -0.05) is 6.07 Å². The zero-order chi connectivity index (χ0) is 12.4. The van der Waals surface area contributed by atoms with E-state index in [2.05, 4.69) is 53.5 Å². The Morgan fingerprint density at radius 2 is 2.12 bits per heavy atom. The first-order valence-electron chi connectivity index (χ1n) is 6.18. The van der Waals surface area contributed by atoms with Crippen molar-refractivity contribution >= 4 is 11.0 Å². The number of hydrogen-bond donors (Lipinski definition) is 0. The molecule has 3 nitrogen and oxygen atoms in total. The van der Waals surface area contributed by atoms with Gasteiger partial charge in [0.25, 0.3) is 0 Å². The van der Waals surface area contributed by atoms with Crippen LogP contribution in [-0.4, -0.2) is 34.1 Å². The Morgan fingerprint density at radius 1 is 1.35 bits per heavy atom. The van der Waals surface area contributed by atoms with Crippen LogP contribution < -0.4 is 0 Å². The molecule has 0 unspecified atom stereocenters. The molecule has 0 saturated heterocycles.